The number of para-hydroxylation sites is 1. The smallest absolute Gasteiger partial charge is 0.335 e. The van der Waals surface area contributed by atoms with Crippen LogP contribution in [0.2, 0.25) is 0 Å². The fourth-order valence-corrected chi connectivity index (χ4v) is 2.46. The molecule has 0 aliphatic heterocycles. The van der Waals surface area contributed by atoms with E-state index in [1.54, 1.807) is 0 Å². The van der Waals surface area contributed by atoms with Crippen molar-refractivity contribution in [1.29, 1.82) is 5.26 Å². The molecule has 0 aliphatic carbocycles. The van der Waals surface area contributed by atoms with Gasteiger partial charge in [0.2, 0.25) is 0 Å². The third-order valence-electron chi connectivity index (χ3n) is 3.86. The van der Waals surface area contributed by atoms with E-state index < -0.39 is 11.9 Å². The average Bonchev–Trinajstić information content (AvgIpc) is 2.62. The van der Waals surface area contributed by atoms with Gasteiger partial charge in [-0.2, -0.15) is 5.26 Å². The summed E-state index contributed by atoms with van der Waals surface area (Å²) in [5.74, 6) is -1.63. The molecular formula is C21H21N3O3. The van der Waals surface area contributed by atoms with Crippen LogP contribution in [0, 0.1) is 11.3 Å². The second-order valence-corrected chi connectivity index (χ2v) is 6.95. The number of amides is 1. The number of nitriles is 1. The number of carboxylic acid groups (broad SMARTS) is 1. The lowest BCUT2D eigenvalue weighted by molar-refractivity contribution is -0.112. The van der Waals surface area contributed by atoms with Crippen LogP contribution < -0.4 is 10.6 Å². The molecule has 2 aromatic rings. The van der Waals surface area contributed by atoms with Crippen molar-refractivity contribution in [3.05, 3.63) is 71.4 Å². The van der Waals surface area contributed by atoms with Crippen LogP contribution in [0.25, 0.3) is 0 Å². The number of anilines is 2. The molecule has 2 rings (SSSR count). The standard InChI is InChI=1S/C21H21N3O3/c1-21(2,3)17-6-4-5-7-18(17)23-13-15(12-22)19(25)24-16-10-8-14(9-11-16)20(26)27/h4-11,13,23H,1-3H3,(H,24,25)(H,26,27)/b15-13-. The highest BCUT2D eigenvalue weighted by molar-refractivity contribution is 6.06. The second kappa shape index (κ2) is 8.19. The number of carboxylic acids is 1. The molecule has 27 heavy (non-hydrogen) atoms. The van der Waals surface area contributed by atoms with Gasteiger partial charge >= 0.3 is 5.97 Å². The van der Waals surface area contributed by atoms with Crippen LogP contribution in [0.1, 0.15) is 36.7 Å². The van der Waals surface area contributed by atoms with Gasteiger partial charge in [-0.05, 0) is 41.3 Å². The first kappa shape index (κ1) is 19.7. The maximum absolute atomic E-state index is 12.3. The monoisotopic (exact) mass is 363 g/mol. The van der Waals surface area contributed by atoms with Crippen LogP contribution in [0.15, 0.2) is 60.3 Å². The molecule has 0 radical (unpaired) electrons. The van der Waals surface area contributed by atoms with E-state index in [0.29, 0.717) is 5.69 Å². The Morgan fingerprint density at radius 3 is 2.26 bits per heavy atom. The number of carbonyl (C=O) groups is 2. The first-order chi connectivity index (χ1) is 12.7. The van der Waals surface area contributed by atoms with Gasteiger partial charge in [-0.1, -0.05) is 39.0 Å². The van der Waals surface area contributed by atoms with E-state index in [0.717, 1.165) is 11.3 Å². The molecule has 3 N–H and O–H groups in total. The predicted molar refractivity (Wildman–Crippen MR) is 104 cm³/mol. The van der Waals surface area contributed by atoms with Crippen molar-refractivity contribution in [1.82, 2.24) is 0 Å². The Kier molecular flexibility index (Phi) is 5.99. The van der Waals surface area contributed by atoms with Gasteiger partial charge in [-0.25, -0.2) is 4.79 Å². The number of hydrogen-bond acceptors (Lipinski definition) is 4. The Hall–Kier alpha value is -3.59. The van der Waals surface area contributed by atoms with Crippen LogP contribution in [0.5, 0.6) is 0 Å². The minimum Gasteiger partial charge on any atom is -0.478 e. The molecule has 0 spiro atoms. The van der Waals surface area contributed by atoms with Crippen molar-refractivity contribution in [3.8, 4) is 6.07 Å². The Labute approximate surface area is 158 Å². The molecule has 0 fully saturated rings. The molecule has 2 aromatic carbocycles. The molecule has 0 unspecified atom stereocenters. The van der Waals surface area contributed by atoms with Crippen molar-refractivity contribution in [2.24, 2.45) is 0 Å². The zero-order valence-electron chi connectivity index (χ0n) is 15.4. The van der Waals surface area contributed by atoms with E-state index in [1.807, 2.05) is 30.3 Å². The quantitative estimate of drug-likeness (QED) is 0.547. The number of benzene rings is 2. The van der Waals surface area contributed by atoms with Crippen LogP contribution in [-0.4, -0.2) is 17.0 Å². The molecule has 0 saturated carbocycles. The van der Waals surface area contributed by atoms with Gasteiger partial charge in [0.1, 0.15) is 11.6 Å². The fourth-order valence-electron chi connectivity index (χ4n) is 2.46. The summed E-state index contributed by atoms with van der Waals surface area (Å²) >= 11 is 0. The molecule has 0 atom stereocenters. The molecule has 0 aromatic heterocycles. The van der Waals surface area contributed by atoms with E-state index in [9.17, 15) is 14.9 Å². The molecular weight excluding hydrogens is 342 g/mol. The number of nitrogens with one attached hydrogen (secondary N) is 2. The van der Waals surface area contributed by atoms with Crippen molar-refractivity contribution in [2.45, 2.75) is 26.2 Å². The molecule has 1 amide bonds. The zero-order valence-corrected chi connectivity index (χ0v) is 15.4. The summed E-state index contributed by atoms with van der Waals surface area (Å²) in [6.07, 6.45) is 1.37. The highest BCUT2D eigenvalue weighted by Gasteiger charge is 2.17. The SMILES string of the molecule is CC(C)(C)c1ccccc1N/C=C(/C#N)C(=O)Nc1ccc(C(=O)O)cc1. The molecule has 0 saturated heterocycles. The maximum Gasteiger partial charge on any atom is 0.335 e. The Morgan fingerprint density at radius 1 is 1.07 bits per heavy atom. The summed E-state index contributed by atoms with van der Waals surface area (Å²) in [7, 11) is 0. The van der Waals surface area contributed by atoms with Gasteiger partial charge in [-0.15, -0.1) is 0 Å². The Balaban J connectivity index is 2.16. The largest absolute Gasteiger partial charge is 0.478 e. The van der Waals surface area contributed by atoms with Crippen LogP contribution >= 0.6 is 0 Å². The minimum absolute atomic E-state index is 0.0963. The van der Waals surface area contributed by atoms with Gasteiger partial charge in [0.15, 0.2) is 0 Å². The summed E-state index contributed by atoms with van der Waals surface area (Å²) in [5, 5.41) is 23.8. The summed E-state index contributed by atoms with van der Waals surface area (Å²) in [6.45, 7) is 6.24. The fraction of sp³-hybridized carbons (Fsp3) is 0.190. The number of carbonyl (C=O) groups excluding carboxylic acids is 1. The number of aromatic carboxylic acids is 1. The van der Waals surface area contributed by atoms with E-state index in [4.69, 9.17) is 5.11 Å². The van der Waals surface area contributed by atoms with E-state index in [2.05, 4.69) is 31.4 Å². The molecule has 138 valence electrons. The predicted octanol–water partition coefficient (Wildman–Crippen LogP) is 4.14. The van der Waals surface area contributed by atoms with Gasteiger partial charge in [0, 0.05) is 17.6 Å². The van der Waals surface area contributed by atoms with Crippen molar-refractivity contribution >= 4 is 23.3 Å². The first-order valence-electron chi connectivity index (χ1n) is 8.33. The van der Waals surface area contributed by atoms with Gasteiger partial charge < -0.3 is 15.7 Å². The van der Waals surface area contributed by atoms with Crippen LogP contribution in [0.3, 0.4) is 0 Å². The van der Waals surface area contributed by atoms with Crippen LogP contribution in [0.4, 0.5) is 11.4 Å². The number of hydrogen-bond donors (Lipinski definition) is 3. The van der Waals surface area contributed by atoms with Crippen molar-refractivity contribution in [2.75, 3.05) is 10.6 Å². The Morgan fingerprint density at radius 2 is 1.70 bits per heavy atom. The summed E-state index contributed by atoms with van der Waals surface area (Å²) in [6, 6.07) is 15.3. The van der Waals surface area contributed by atoms with Crippen LogP contribution in [-0.2, 0) is 10.2 Å². The van der Waals surface area contributed by atoms with Gasteiger partial charge in [-0.3, -0.25) is 4.79 Å². The van der Waals surface area contributed by atoms with E-state index in [1.165, 1.54) is 30.5 Å². The third kappa shape index (κ3) is 5.19. The highest BCUT2D eigenvalue weighted by atomic mass is 16.4. The second-order valence-electron chi connectivity index (χ2n) is 6.95. The van der Waals surface area contributed by atoms with Gasteiger partial charge in [0.05, 0.1) is 5.56 Å². The minimum atomic E-state index is -1.05. The van der Waals surface area contributed by atoms with Crippen molar-refractivity contribution < 1.29 is 14.7 Å². The molecule has 0 heterocycles. The Bertz CT molecular complexity index is 917. The molecule has 6 nitrogen and oxygen atoms in total. The van der Waals surface area contributed by atoms with E-state index in [-0.39, 0.29) is 16.6 Å². The summed E-state index contributed by atoms with van der Waals surface area (Å²) in [5.41, 5.74) is 2.20. The molecule has 0 aliphatic rings. The lowest BCUT2D eigenvalue weighted by atomic mass is 9.86. The molecule has 6 heteroatoms. The number of rotatable bonds is 5. The highest BCUT2D eigenvalue weighted by Crippen LogP contribution is 2.29. The lowest BCUT2D eigenvalue weighted by Gasteiger charge is -2.22. The van der Waals surface area contributed by atoms with E-state index >= 15 is 0 Å². The topological polar surface area (TPSA) is 102 Å². The summed E-state index contributed by atoms with van der Waals surface area (Å²) < 4.78 is 0. The lowest BCUT2D eigenvalue weighted by Crippen LogP contribution is -2.16. The normalized spacial score (nSPS) is 11.4. The first-order valence-corrected chi connectivity index (χ1v) is 8.33. The van der Waals surface area contributed by atoms with Gasteiger partial charge in [0.25, 0.3) is 5.91 Å². The summed E-state index contributed by atoms with van der Waals surface area (Å²) in [4.78, 5) is 23.2. The third-order valence-corrected chi connectivity index (χ3v) is 3.86. The zero-order chi connectivity index (χ0) is 20.0. The average molecular weight is 363 g/mol. The molecule has 0 bridgehead atoms. The maximum atomic E-state index is 12.3. The number of nitrogens with zero attached hydrogens (tertiary/aromatic N) is 1. The van der Waals surface area contributed by atoms with Crippen molar-refractivity contribution in [3.63, 3.8) is 0 Å².